The van der Waals surface area contributed by atoms with Crippen molar-refractivity contribution in [3.8, 4) is 0 Å². The fourth-order valence-electron chi connectivity index (χ4n) is 2.87. The first-order valence-corrected chi connectivity index (χ1v) is 6.19. The number of hydrogen-bond acceptors (Lipinski definition) is 3. The van der Waals surface area contributed by atoms with Crippen LogP contribution in [-0.2, 0) is 4.79 Å². The third-order valence-corrected chi connectivity index (χ3v) is 3.85. The Morgan fingerprint density at radius 2 is 2.07 bits per heavy atom. The van der Waals surface area contributed by atoms with Crippen LogP contribution in [0.2, 0.25) is 0 Å². The predicted octanol–water partition coefficient (Wildman–Crippen LogP) is 1.20. The number of aliphatic hydroxyl groups excluding tert-OH is 1. The molecule has 0 aromatic carbocycles. The van der Waals surface area contributed by atoms with Gasteiger partial charge in [-0.2, -0.15) is 0 Å². The molecule has 0 spiro atoms. The summed E-state index contributed by atoms with van der Waals surface area (Å²) in [6, 6.07) is 0.211. The molecule has 15 heavy (non-hydrogen) atoms. The zero-order valence-corrected chi connectivity index (χ0v) is 9.32. The molecule has 1 saturated heterocycles. The van der Waals surface area contributed by atoms with E-state index in [9.17, 15) is 4.79 Å². The number of likely N-dealkylation sites (tertiary alicyclic amines) is 1. The van der Waals surface area contributed by atoms with E-state index in [0.717, 1.165) is 51.6 Å². The second-order valence-corrected chi connectivity index (χ2v) is 4.89. The highest BCUT2D eigenvalue weighted by Gasteiger charge is 2.31. The van der Waals surface area contributed by atoms with Crippen LogP contribution in [0.3, 0.4) is 0 Å². The maximum Gasteiger partial charge on any atom is 0.149 e. The molecule has 1 aliphatic heterocycles. The zero-order valence-electron chi connectivity index (χ0n) is 9.32. The molecule has 1 heterocycles. The molecule has 3 heteroatoms. The summed E-state index contributed by atoms with van der Waals surface area (Å²) in [6.45, 7) is 2.36. The molecular formula is C12H21NO2. The van der Waals surface area contributed by atoms with E-state index in [1.165, 1.54) is 0 Å². The van der Waals surface area contributed by atoms with Gasteiger partial charge < -0.3 is 5.11 Å². The van der Waals surface area contributed by atoms with E-state index >= 15 is 0 Å². The molecule has 0 bridgehead atoms. The van der Waals surface area contributed by atoms with Crippen LogP contribution in [0.5, 0.6) is 0 Å². The predicted molar refractivity (Wildman–Crippen MR) is 58.6 cm³/mol. The molecule has 1 saturated carbocycles. The highest BCUT2D eigenvalue weighted by Crippen LogP contribution is 2.24. The van der Waals surface area contributed by atoms with Crippen LogP contribution in [0, 0.1) is 5.92 Å². The summed E-state index contributed by atoms with van der Waals surface area (Å²) in [5.41, 5.74) is 0. The molecule has 0 amide bonds. The quantitative estimate of drug-likeness (QED) is 0.746. The topological polar surface area (TPSA) is 40.5 Å². The Balaban J connectivity index is 1.90. The monoisotopic (exact) mass is 211 g/mol. The number of carbonyl (C=O) groups is 1. The summed E-state index contributed by atoms with van der Waals surface area (Å²) in [5, 5.41) is 9.13. The van der Waals surface area contributed by atoms with Crippen molar-refractivity contribution in [1.82, 2.24) is 4.90 Å². The van der Waals surface area contributed by atoms with Crippen LogP contribution in [0.4, 0.5) is 0 Å². The van der Waals surface area contributed by atoms with E-state index in [4.69, 9.17) is 5.11 Å². The lowest BCUT2D eigenvalue weighted by molar-refractivity contribution is -0.121. The maximum absolute atomic E-state index is 11.6. The molecule has 1 aliphatic carbocycles. The van der Waals surface area contributed by atoms with Crippen molar-refractivity contribution in [1.29, 1.82) is 0 Å². The standard InChI is InChI=1S/C12H21NO2/c14-9-10-3-2-7-13(8-6-10)11-4-1-5-12(11)15/h10-11,14H,1-9H2. The van der Waals surface area contributed by atoms with Crippen molar-refractivity contribution in [2.45, 2.75) is 44.6 Å². The van der Waals surface area contributed by atoms with Crippen molar-refractivity contribution < 1.29 is 9.90 Å². The summed E-state index contributed by atoms with van der Waals surface area (Å²) in [7, 11) is 0. The minimum atomic E-state index is 0.211. The van der Waals surface area contributed by atoms with Crippen LogP contribution in [0.1, 0.15) is 38.5 Å². The second kappa shape index (κ2) is 5.08. The third kappa shape index (κ3) is 2.58. The molecule has 2 fully saturated rings. The molecule has 3 nitrogen and oxygen atoms in total. The van der Waals surface area contributed by atoms with Crippen LogP contribution in [0.25, 0.3) is 0 Å². The maximum atomic E-state index is 11.6. The van der Waals surface area contributed by atoms with Crippen molar-refractivity contribution in [3.63, 3.8) is 0 Å². The fraction of sp³-hybridized carbons (Fsp3) is 0.917. The van der Waals surface area contributed by atoms with E-state index < -0.39 is 0 Å². The Kier molecular flexibility index (Phi) is 3.76. The Hall–Kier alpha value is -0.410. The summed E-state index contributed by atoms with van der Waals surface area (Å²) >= 11 is 0. The van der Waals surface area contributed by atoms with E-state index in [-0.39, 0.29) is 6.04 Å². The second-order valence-electron chi connectivity index (χ2n) is 4.89. The third-order valence-electron chi connectivity index (χ3n) is 3.85. The molecule has 0 radical (unpaired) electrons. The van der Waals surface area contributed by atoms with Gasteiger partial charge >= 0.3 is 0 Å². The number of carbonyl (C=O) groups excluding carboxylic acids is 1. The Morgan fingerprint density at radius 1 is 1.20 bits per heavy atom. The fourth-order valence-corrected chi connectivity index (χ4v) is 2.87. The van der Waals surface area contributed by atoms with Crippen LogP contribution in [0.15, 0.2) is 0 Å². The lowest BCUT2D eigenvalue weighted by Crippen LogP contribution is -2.38. The molecule has 2 atom stereocenters. The lowest BCUT2D eigenvalue weighted by atomic mass is 10.0. The van der Waals surface area contributed by atoms with Crippen LogP contribution < -0.4 is 0 Å². The first kappa shape index (κ1) is 11.1. The summed E-state index contributed by atoms with van der Waals surface area (Å²) in [6.07, 6.45) is 6.22. The summed E-state index contributed by atoms with van der Waals surface area (Å²) < 4.78 is 0. The lowest BCUT2D eigenvalue weighted by Gasteiger charge is -2.25. The SMILES string of the molecule is O=C1CCCC1N1CCCC(CO)CC1. The molecular weight excluding hydrogens is 190 g/mol. The van der Waals surface area contributed by atoms with Crippen LogP contribution >= 0.6 is 0 Å². The normalized spacial score (nSPS) is 34.3. The van der Waals surface area contributed by atoms with Gasteiger partial charge in [-0.1, -0.05) is 0 Å². The minimum Gasteiger partial charge on any atom is -0.396 e. The van der Waals surface area contributed by atoms with E-state index in [0.29, 0.717) is 18.3 Å². The Labute approximate surface area is 91.5 Å². The highest BCUT2D eigenvalue weighted by atomic mass is 16.3. The first-order chi connectivity index (χ1) is 7.31. The van der Waals surface area contributed by atoms with Crippen molar-refractivity contribution >= 4 is 5.78 Å². The number of rotatable bonds is 2. The van der Waals surface area contributed by atoms with Gasteiger partial charge in [-0.15, -0.1) is 0 Å². The Morgan fingerprint density at radius 3 is 2.73 bits per heavy atom. The summed E-state index contributed by atoms with van der Waals surface area (Å²) in [5.74, 6) is 0.906. The van der Waals surface area contributed by atoms with E-state index in [1.807, 2.05) is 0 Å². The number of hydrogen-bond donors (Lipinski definition) is 1. The van der Waals surface area contributed by atoms with Gasteiger partial charge in [0.1, 0.15) is 5.78 Å². The van der Waals surface area contributed by atoms with E-state index in [2.05, 4.69) is 4.90 Å². The van der Waals surface area contributed by atoms with Gasteiger partial charge in [0.05, 0.1) is 6.04 Å². The zero-order chi connectivity index (χ0) is 10.7. The Bertz CT molecular complexity index is 230. The van der Waals surface area contributed by atoms with Gasteiger partial charge in [0.25, 0.3) is 0 Å². The largest absolute Gasteiger partial charge is 0.396 e. The number of nitrogens with zero attached hydrogens (tertiary/aromatic N) is 1. The molecule has 86 valence electrons. The molecule has 1 N–H and O–H groups in total. The van der Waals surface area contributed by atoms with Gasteiger partial charge in [-0.3, -0.25) is 9.69 Å². The average molecular weight is 211 g/mol. The highest BCUT2D eigenvalue weighted by molar-refractivity contribution is 5.85. The number of ketones is 1. The smallest absolute Gasteiger partial charge is 0.149 e. The molecule has 0 aromatic rings. The van der Waals surface area contributed by atoms with Crippen molar-refractivity contribution in [2.75, 3.05) is 19.7 Å². The van der Waals surface area contributed by atoms with Gasteiger partial charge in [-0.05, 0) is 51.1 Å². The first-order valence-electron chi connectivity index (χ1n) is 6.19. The molecule has 0 aromatic heterocycles. The molecule has 2 rings (SSSR count). The number of Topliss-reactive ketones (excluding diaryl/α,β-unsaturated/α-hetero) is 1. The minimum absolute atomic E-state index is 0.211. The van der Waals surface area contributed by atoms with Gasteiger partial charge in [-0.25, -0.2) is 0 Å². The molecule has 2 unspecified atom stereocenters. The number of aliphatic hydroxyl groups is 1. The molecule has 2 aliphatic rings. The summed E-state index contributed by atoms with van der Waals surface area (Å²) in [4.78, 5) is 14.0. The van der Waals surface area contributed by atoms with Gasteiger partial charge in [0, 0.05) is 13.0 Å². The van der Waals surface area contributed by atoms with E-state index in [1.54, 1.807) is 0 Å². The van der Waals surface area contributed by atoms with Crippen molar-refractivity contribution in [2.24, 2.45) is 5.92 Å². The van der Waals surface area contributed by atoms with Crippen molar-refractivity contribution in [3.05, 3.63) is 0 Å². The average Bonchev–Trinajstić information content (AvgIpc) is 2.54. The van der Waals surface area contributed by atoms with Gasteiger partial charge in [0.2, 0.25) is 0 Å². The van der Waals surface area contributed by atoms with Crippen LogP contribution in [-0.4, -0.2) is 41.5 Å². The van der Waals surface area contributed by atoms with Gasteiger partial charge in [0.15, 0.2) is 0 Å².